The van der Waals surface area contributed by atoms with Gasteiger partial charge in [-0.1, -0.05) is 19.9 Å². The first-order chi connectivity index (χ1) is 15.8. The lowest BCUT2D eigenvalue weighted by Gasteiger charge is -2.17. The van der Waals surface area contributed by atoms with Gasteiger partial charge >= 0.3 is 12.4 Å². The van der Waals surface area contributed by atoms with Gasteiger partial charge in [-0.25, -0.2) is 9.37 Å². The Bertz CT molecular complexity index is 1220. The van der Waals surface area contributed by atoms with Crippen molar-refractivity contribution in [1.29, 1.82) is 0 Å². The fourth-order valence-electron chi connectivity index (χ4n) is 3.14. The lowest BCUT2D eigenvalue weighted by atomic mass is 10.0. The number of nitrogens with one attached hydrogen (secondary N) is 2. The summed E-state index contributed by atoms with van der Waals surface area (Å²) in [6.07, 6.45) is -9.13. The van der Waals surface area contributed by atoms with E-state index >= 15 is 4.39 Å². The Hall–Kier alpha value is -3.28. The highest BCUT2D eigenvalue weighted by Gasteiger charge is 2.37. The van der Waals surface area contributed by atoms with Crippen molar-refractivity contribution in [2.45, 2.75) is 32.7 Å². The lowest BCUT2D eigenvalue weighted by molar-refractivity contribution is -0.138. The molecule has 0 unspecified atom stereocenters. The predicted octanol–water partition coefficient (Wildman–Crippen LogP) is 5.42. The molecular weight excluding hydrogens is 469 g/mol. The maximum atomic E-state index is 15.3. The Balaban J connectivity index is 2.13. The minimum Gasteiger partial charge on any atom is -0.312 e. The van der Waals surface area contributed by atoms with Crippen LogP contribution in [0, 0.1) is 11.7 Å². The van der Waals surface area contributed by atoms with E-state index in [1.54, 1.807) is 0 Å². The number of nitrogens with zero attached hydrogens (tertiary/aromatic N) is 2. The van der Waals surface area contributed by atoms with Gasteiger partial charge in [0.05, 0.1) is 28.1 Å². The molecular formula is C22H19F7N4O. The second-order valence-corrected chi connectivity index (χ2v) is 7.89. The Labute approximate surface area is 189 Å². The smallest absolute Gasteiger partial charge is 0.312 e. The summed E-state index contributed by atoms with van der Waals surface area (Å²) < 4.78 is 94.6. The van der Waals surface area contributed by atoms with E-state index in [9.17, 15) is 31.1 Å². The van der Waals surface area contributed by atoms with Crippen LogP contribution < -0.4 is 10.9 Å². The molecule has 0 atom stereocenters. The van der Waals surface area contributed by atoms with Gasteiger partial charge in [-0.2, -0.15) is 26.3 Å². The highest BCUT2D eigenvalue weighted by atomic mass is 19.4. The fraction of sp³-hybridized carbons (Fsp3) is 0.318. The maximum Gasteiger partial charge on any atom is 0.417 e. The average Bonchev–Trinajstić information content (AvgIpc) is 2.72. The molecule has 0 aliphatic rings. The van der Waals surface area contributed by atoms with E-state index in [0.29, 0.717) is 24.9 Å². The van der Waals surface area contributed by atoms with Crippen LogP contribution in [0.25, 0.3) is 22.8 Å². The van der Waals surface area contributed by atoms with Crippen LogP contribution in [-0.2, 0) is 18.9 Å². The first-order valence-electron chi connectivity index (χ1n) is 10.0. The Kier molecular flexibility index (Phi) is 7.10. The molecule has 3 rings (SSSR count). The molecule has 34 heavy (non-hydrogen) atoms. The number of pyridine rings is 1. The third-order valence-electron chi connectivity index (χ3n) is 4.73. The van der Waals surface area contributed by atoms with Gasteiger partial charge in [-0.15, -0.1) is 0 Å². The molecule has 0 bridgehead atoms. The normalized spacial score (nSPS) is 12.4. The second-order valence-electron chi connectivity index (χ2n) is 7.89. The van der Waals surface area contributed by atoms with Gasteiger partial charge in [0.25, 0.3) is 5.56 Å². The van der Waals surface area contributed by atoms with Crippen LogP contribution in [0.15, 0.2) is 41.3 Å². The van der Waals surface area contributed by atoms with Crippen molar-refractivity contribution in [2.75, 3.05) is 6.54 Å². The van der Waals surface area contributed by atoms with E-state index in [-0.39, 0.29) is 29.4 Å². The predicted molar refractivity (Wildman–Crippen MR) is 110 cm³/mol. The minimum absolute atomic E-state index is 0.0699. The molecule has 12 heteroatoms. The van der Waals surface area contributed by atoms with Gasteiger partial charge in [0, 0.05) is 24.4 Å². The zero-order valence-electron chi connectivity index (χ0n) is 17.9. The fourth-order valence-corrected chi connectivity index (χ4v) is 3.14. The van der Waals surface area contributed by atoms with Gasteiger partial charge in [0.1, 0.15) is 11.6 Å². The van der Waals surface area contributed by atoms with Crippen LogP contribution in [0.4, 0.5) is 30.7 Å². The molecule has 0 saturated carbocycles. The highest BCUT2D eigenvalue weighted by Crippen LogP contribution is 2.38. The molecule has 0 fully saturated rings. The number of benzene rings is 1. The topological polar surface area (TPSA) is 70.7 Å². The third kappa shape index (κ3) is 5.79. The second kappa shape index (κ2) is 9.53. The van der Waals surface area contributed by atoms with Gasteiger partial charge in [0.2, 0.25) is 0 Å². The molecule has 2 aromatic heterocycles. The quantitative estimate of drug-likeness (QED) is 0.455. The first kappa shape index (κ1) is 25.3. The molecule has 0 amide bonds. The van der Waals surface area contributed by atoms with Crippen LogP contribution in [0.2, 0.25) is 0 Å². The summed E-state index contributed by atoms with van der Waals surface area (Å²) in [7, 11) is 0. The Morgan fingerprint density at radius 3 is 2.26 bits per heavy atom. The van der Waals surface area contributed by atoms with Gasteiger partial charge in [-0.05, 0) is 30.7 Å². The summed E-state index contributed by atoms with van der Waals surface area (Å²) in [5, 5.41) is 2.93. The van der Waals surface area contributed by atoms with Crippen molar-refractivity contribution >= 4 is 0 Å². The molecule has 0 aliphatic carbocycles. The number of aromatic amines is 1. The third-order valence-corrected chi connectivity index (χ3v) is 4.73. The van der Waals surface area contributed by atoms with E-state index in [2.05, 4.69) is 20.3 Å². The number of aromatic nitrogens is 3. The molecule has 0 saturated heterocycles. The van der Waals surface area contributed by atoms with E-state index < -0.39 is 46.2 Å². The van der Waals surface area contributed by atoms with E-state index in [1.807, 2.05) is 13.8 Å². The molecule has 2 N–H and O–H groups in total. The number of halogens is 7. The number of alkyl halides is 6. The molecule has 182 valence electrons. The lowest BCUT2D eigenvalue weighted by Crippen LogP contribution is -2.21. The van der Waals surface area contributed by atoms with Crippen LogP contribution >= 0.6 is 0 Å². The minimum atomic E-state index is -4.97. The number of rotatable bonds is 6. The highest BCUT2D eigenvalue weighted by molar-refractivity contribution is 5.66. The van der Waals surface area contributed by atoms with Crippen molar-refractivity contribution in [3.05, 3.63) is 69.4 Å². The molecule has 0 radical (unpaired) electrons. The summed E-state index contributed by atoms with van der Waals surface area (Å²) in [5.41, 5.74) is -4.93. The molecule has 0 aliphatic heterocycles. The van der Waals surface area contributed by atoms with Crippen LogP contribution in [-0.4, -0.2) is 21.5 Å². The summed E-state index contributed by atoms with van der Waals surface area (Å²) in [6.45, 7) is 4.22. The summed E-state index contributed by atoms with van der Waals surface area (Å²) >= 11 is 0. The van der Waals surface area contributed by atoms with Gasteiger partial charge in [-0.3, -0.25) is 9.78 Å². The Morgan fingerprint density at radius 1 is 1.00 bits per heavy atom. The van der Waals surface area contributed by atoms with Crippen molar-refractivity contribution in [1.82, 2.24) is 20.3 Å². The zero-order valence-corrected chi connectivity index (χ0v) is 17.9. The van der Waals surface area contributed by atoms with Crippen molar-refractivity contribution in [3.8, 4) is 22.8 Å². The van der Waals surface area contributed by atoms with Crippen molar-refractivity contribution in [2.24, 2.45) is 5.92 Å². The number of hydrogen-bond acceptors (Lipinski definition) is 4. The number of hydrogen-bond donors (Lipinski definition) is 2. The van der Waals surface area contributed by atoms with Crippen LogP contribution in [0.5, 0.6) is 0 Å². The molecule has 0 spiro atoms. The summed E-state index contributed by atoms with van der Waals surface area (Å²) in [6, 6.07) is 4.13. The van der Waals surface area contributed by atoms with Crippen molar-refractivity contribution < 1.29 is 30.7 Å². The SMILES string of the molecule is CC(C)CNCc1ccc(C(F)(F)F)c(-c2nc(-c3ccc(C(F)(F)F)cn3)cc(=O)[nH]2)c1F. The molecule has 1 aromatic carbocycles. The van der Waals surface area contributed by atoms with Gasteiger partial charge in [0.15, 0.2) is 0 Å². The van der Waals surface area contributed by atoms with Crippen LogP contribution in [0.3, 0.4) is 0 Å². The standard InChI is InChI=1S/C22H19F7N4O/c1-11(2)8-30-9-12-3-5-14(22(27,28)29)18(19(12)23)20-32-16(7-17(34)33-20)15-6-4-13(10-31-15)21(24,25)26/h3-7,10-11,30H,8-9H2,1-2H3,(H,32,33,34). The number of H-pyrrole nitrogens is 1. The largest absolute Gasteiger partial charge is 0.417 e. The first-order valence-corrected chi connectivity index (χ1v) is 10.0. The average molecular weight is 488 g/mol. The molecule has 3 aromatic rings. The molecule has 5 nitrogen and oxygen atoms in total. The maximum absolute atomic E-state index is 15.3. The van der Waals surface area contributed by atoms with E-state index in [0.717, 1.165) is 18.2 Å². The monoisotopic (exact) mass is 488 g/mol. The van der Waals surface area contributed by atoms with Crippen LogP contribution in [0.1, 0.15) is 30.5 Å². The van der Waals surface area contributed by atoms with Gasteiger partial charge < -0.3 is 10.3 Å². The molecule has 2 heterocycles. The van der Waals surface area contributed by atoms with Crippen molar-refractivity contribution in [3.63, 3.8) is 0 Å². The zero-order chi connectivity index (χ0) is 25.3. The summed E-state index contributed by atoms with van der Waals surface area (Å²) in [5.74, 6) is -1.74. The summed E-state index contributed by atoms with van der Waals surface area (Å²) in [4.78, 5) is 21.7. The van der Waals surface area contributed by atoms with E-state index in [4.69, 9.17) is 0 Å². The van der Waals surface area contributed by atoms with E-state index in [1.165, 1.54) is 0 Å². The Morgan fingerprint density at radius 2 is 1.71 bits per heavy atom.